The highest BCUT2D eigenvalue weighted by Crippen LogP contribution is 2.32. The molecule has 0 unspecified atom stereocenters. The van der Waals surface area contributed by atoms with Gasteiger partial charge in [0, 0.05) is 26.4 Å². The fourth-order valence-electron chi connectivity index (χ4n) is 2.31. The first-order valence-corrected chi connectivity index (χ1v) is 6.18. The molecule has 1 amide bonds. The lowest BCUT2D eigenvalue weighted by atomic mass is 9.97. The van der Waals surface area contributed by atoms with Crippen LogP contribution in [0.25, 0.3) is 0 Å². The topological polar surface area (TPSA) is 71.3 Å². The van der Waals surface area contributed by atoms with Crippen LogP contribution in [0, 0.1) is 6.92 Å². The number of rotatable bonds is 2. The minimum atomic E-state index is -4.41. The molecule has 0 aliphatic carbocycles. The van der Waals surface area contributed by atoms with E-state index in [1.54, 1.807) is 6.92 Å². The van der Waals surface area contributed by atoms with Crippen molar-refractivity contribution in [3.8, 4) is 0 Å². The third-order valence-electron chi connectivity index (χ3n) is 3.22. The van der Waals surface area contributed by atoms with Crippen molar-refractivity contribution in [2.75, 3.05) is 11.9 Å². The molecule has 9 heteroatoms. The van der Waals surface area contributed by atoms with Gasteiger partial charge in [-0.15, -0.1) is 5.10 Å². The van der Waals surface area contributed by atoms with Crippen LogP contribution in [0.15, 0.2) is 4.42 Å². The Balaban J connectivity index is 2.05. The standard InChI is InChI=1S/C11H15F3N4O2/c1-6-16-17-10(20-6)15-8-3-4-9(11(12,13)14)18(5-8)7(2)19/h8-9H,3-5H2,1-2H3,(H,15,17)/t8-,9+/m1/s1. The number of hydrogen-bond donors (Lipinski definition) is 1. The Kier molecular flexibility index (Phi) is 3.87. The predicted molar refractivity (Wildman–Crippen MR) is 62.9 cm³/mol. The van der Waals surface area contributed by atoms with E-state index in [9.17, 15) is 18.0 Å². The van der Waals surface area contributed by atoms with Crippen molar-refractivity contribution < 1.29 is 22.4 Å². The number of piperidine rings is 1. The lowest BCUT2D eigenvalue weighted by Crippen LogP contribution is -2.55. The number of nitrogens with one attached hydrogen (secondary N) is 1. The van der Waals surface area contributed by atoms with Crippen molar-refractivity contribution >= 4 is 11.9 Å². The van der Waals surface area contributed by atoms with E-state index in [1.807, 2.05) is 0 Å². The van der Waals surface area contributed by atoms with E-state index in [2.05, 4.69) is 15.5 Å². The molecule has 2 rings (SSSR count). The van der Waals surface area contributed by atoms with Gasteiger partial charge in [0.1, 0.15) is 6.04 Å². The number of halogens is 3. The van der Waals surface area contributed by atoms with Crippen LogP contribution >= 0.6 is 0 Å². The molecule has 2 atom stereocenters. The zero-order valence-corrected chi connectivity index (χ0v) is 11.1. The summed E-state index contributed by atoms with van der Waals surface area (Å²) in [6, 6.07) is -1.90. The Morgan fingerprint density at radius 1 is 1.40 bits per heavy atom. The van der Waals surface area contributed by atoms with E-state index in [4.69, 9.17) is 4.42 Å². The van der Waals surface area contributed by atoms with Gasteiger partial charge in [0.15, 0.2) is 0 Å². The van der Waals surface area contributed by atoms with E-state index < -0.39 is 18.1 Å². The molecule has 1 aromatic heterocycles. The van der Waals surface area contributed by atoms with E-state index >= 15 is 0 Å². The molecule has 6 nitrogen and oxygen atoms in total. The number of carbonyl (C=O) groups excluding carboxylic acids is 1. The van der Waals surface area contributed by atoms with Gasteiger partial charge in [-0.2, -0.15) is 13.2 Å². The molecule has 1 aliphatic heterocycles. The molecule has 112 valence electrons. The molecule has 1 fully saturated rings. The first-order chi connectivity index (χ1) is 9.27. The normalized spacial score (nSPS) is 23.8. The summed E-state index contributed by atoms with van der Waals surface area (Å²) in [7, 11) is 0. The van der Waals surface area contributed by atoms with Gasteiger partial charge in [-0.25, -0.2) is 0 Å². The summed E-state index contributed by atoms with van der Waals surface area (Å²) in [5.74, 6) is -0.236. The van der Waals surface area contributed by atoms with Gasteiger partial charge in [0.05, 0.1) is 0 Å². The molecule has 1 aliphatic rings. The van der Waals surface area contributed by atoms with Crippen LogP contribution in [0.4, 0.5) is 19.2 Å². The molecule has 0 spiro atoms. The lowest BCUT2D eigenvalue weighted by Gasteiger charge is -2.39. The van der Waals surface area contributed by atoms with Crippen LogP contribution in [-0.2, 0) is 4.79 Å². The average molecular weight is 292 g/mol. The maximum Gasteiger partial charge on any atom is 0.408 e. The van der Waals surface area contributed by atoms with Gasteiger partial charge in [-0.05, 0) is 12.8 Å². The molecule has 20 heavy (non-hydrogen) atoms. The molecule has 1 N–H and O–H groups in total. The van der Waals surface area contributed by atoms with Gasteiger partial charge < -0.3 is 14.6 Å². The number of aromatic nitrogens is 2. The molecule has 2 heterocycles. The maximum atomic E-state index is 12.9. The highest BCUT2D eigenvalue weighted by Gasteiger charge is 2.47. The van der Waals surface area contributed by atoms with E-state index in [0.29, 0.717) is 5.89 Å². The van der Waals surface area contributed by atoms with Crippen LogP contribution in [0.5, 0.6) is 0 Å². The summed E-state index contributed by atoms with van der Waals surface area (Å²) in [6.07, 6.45) is -4.28. The number of amides is 1. The third-order valence-corrected chi connectivity index (χ3v) is 3.22. The Morgan fingerprint density at radius 2 is 2.10 bits per heavy atom. The van der Waals surface area contributed by atoms with Crippen LogP contribution in [0.1, 0.15) is 25.7 Å². The highest BCUT2D eigenvalue weighted by molar-refractivity contribution is 5.74. The Hall–Kier alpha value is -1.80. The molecular weight excluding hydrogens is 277 g/mol. The third kappa shape index (κ3) is 3.20. The number of carbonyl (C=O) groups is 1. The molecule has 0 radical (unpaired) electrons. The van der Waals surface area contributed by atoms with Gasteiger partial charge in [-0.1, -0.05) is 5.10 Å². The summed E-state index contributed by atoms with van der Waals surface area (Å²) in [5.41, 5.74) is 0. The second kappa shape index (κ2) is 5.29. The second-order valence-corrected chi connectivity index (χ2v) is 4.77. The summed E-state index contributed by atoms with van der Waals surface area (Å²) in [5, 5.41) is 10.2. The van der Waals surface area contributed by atoms with Crippen molar-refractivity contribution in [3.63, 3.8) is 0 Å². The van der Waals surface area contributed by atoms with Gasteiger partial charge in [-0.3, -0.25) is 4.79 Å². The van der Waals surface area contributed by atoms with Crippen LogP contribution in [-0.4, -0.2) is 45.8 Å². The van der Waals surface area contributed by atoms with Crippen molar-refractivity contribution in [1.29, 1.82) is 0 Å². The first-order valence-electron chi connectivity index (χ1n) is 6.18. The molecular formula is C11H15F3N4O2. The number of likely N-dealkylation sites (tertiary alicyclic amines) is 1. The molecule has 1 aromatic rings. The van der Waals surface area contributed by atoms with E-state index in [0.717, 1.165) is 11.8 Å². The smallest absolute Gasteiger partial charge is 0.408 e. The number of nitrogens with zero attached hydrogens (tertiary/aromatic N) is 3. The summed E-state index contributed by atoms with van der Waals surface area (Å²) >= 11 is 0. The number of aryl methyl sites for hydroxylation is 1. The molecule has 0 bridgehead atoms. The quantitative estimate of drug-likeness (QED) is 0.899. The first kappa shape index (κ1) is 14.6. The summed E-state index contributed by atoms with van der Waals surface area (Å²) in [6.45, 7) is 2.71. The fourth-order valence-corrected chi connectivity index (χ4v) is 2.31. The number of hydrogen-bond acceptors (Lipinski definition) is 5. The van der Waals surface area contributed by atoms with Crippen molar-refractivity contribution in [3.05, 3.63) is 5.89 Å². The Labute approximate surface area is 113 Å². The van der Waals surface area contributed by atoms with Gasteiger partial charge >= 0.3 is 12.2 Å². The molecule has 0 saturated carbocycles. The monoisotopic (exact) mass is 292 g/mol. The number of alkyl halides is 3. The summed E-state index contributed by atoms with van der Waals surface area (Å²) < 4.78 is 43.7. The largest absolute Gasteiger partial charge is 0.408 e. The predicted octanol–water partition coefficient (Wildman–Crippen LogP) is 1.73. The second-order valence-electron chi connectivity index (χ2n) is 4.77. The summed E-state index contributed by atoms with van der Waals surface area (Å²) in [4.78, 5) is 12.2. The zero-order chi connectivity index (χ0) is 14.9. The van der Waals surface area contributed by atoms with E-state index in [1.165, 1.54) is 0 Å². The van der Waals surface area contributed by atoms with Crippen LogP contribution in [0.2, 0.25) is 0 Å². The lowest BCUT2D eigenvalue weighted by molar-refractivity contribution is -0.195. The van der Waals surface area contributed by atoms with Crippen molar-refractivity contribution in [2.45, 2.75) is 44.9 Å². The van der Waals surface area contributed by atoms with Gasteiger partial charge in [0.2, 0.25) is 11.8 Å². The van der Waals surface area contributed by atoms with E-state index in [-0.39, 0.29) is 31.4 Å². The minimum absolute atomic E-state index is 0.0407. The van der Waals surface area contributed by atoms with Gasteiger partial charge in [0.25, 0.3) is 0 Å². The number of anilines is 1. The van der Waals surface area contributed by atoms with Crippen molar-refractivity contribution in [1.82, 2.24) is 15.1 Å². The van der Waals surface area contributed by atoms with Crippen LogP contribution in [0.3, 0.4) is 0 Å². The zero-order valence-electron chi connectivity index (χ0n) is 11.1. The van der Waals surface area contributed by atoms with Crippen molar-refractivity contribution in [2.24, 2.45) is 0 Å². The molecule has 0 aromatic carbocycles. The maximum absolute atomic E-state index is 12.9. The molecule has 1 saturated heterocycles. The Bertz CT molecular complexity index is 488. The average Bonchev–Trinajstić information content (AvgIpc) is 2.73. The Morgan fingerprint density at radius 3 is 2.60 bits per heavy atom. The fraction of sp³-hybridized carbons (Fsp3) is 0.727. The highest BCUT2D eigenvalue weighted by atomic mass is 19.4. The SMILES string of the molecule is CC(=O)N1C[C@H](Nc2nnc(C)o2)CC[C@H]1C(F)(F)F. The minimum Gasteiger partial charge on any atom is -0.408 e. The van der Waals surface area contributed by atoms with Crippen LogP contribution < -0.4 is 5.32 Å².